The fraction of sp³-hybridized carbons (Fsp3) is 0.280. The van der Waals surface area contributed by atoms with Gasteiger partial charge in [0.05, 0.1) is 19.8 Å². The normalized spacial score (nSPS) is 16.2. The third-order valence-electron chi connectivity index (χ3n) is 5.38. The standard InChI is InChI=1S/C25H27NO5/c1-5-13-26-17(2)24(25(28)31-16-18-9-7-6-8-10-18)21(15-23(26)27)20-14-19(29-3)11-12-22(20)30-4/h5-12,14,21H,1,13,15-16H2,2-4H3. The van der Waals surface area contributed by atoms with E-state index in [1.54, 1.807) is 50.3 Å². The molecule has 6 heteroatoms. The highest BCUT2D eigenvalue weighted by molar-refractivity contribution is 5.96. The Hall–Kier alpha value is -3.54. The predicted molar refractivity (Wildman–Crippen MR) is 118 cm³/mol. The Balaban J connectivity index is 2.03. The van der Waals surface area contributed by atoms with Gasteiger partial charge in [0.1, 0.15) is 18.1 Å². The number of ether oxygens (including phenoxy) is 3. The lowest BCUT2D eigenvalue weighted by atomic mass is 9.83. The number of benzene rings is 2. The Kier molecular flexibility index (Phi) is 7.13. The number of carbonyl (C=O) groups is 2. The average Bonchev–Trinajstić information content (AvgIpc) is 2.80. The van der Waals surface area contributed by atoms with Crippen LogP contribution in [0, 0.1) is 0 Å². The Labute approximate surface area is 182 Å². The van der Waals surface area contributed by atoms with Crippen LogP contribution in [0.5, 0.6) is 11.5 Å². The number of allylic oxidation sites excluding steroid dienone is 1. The lowest BCUT2D eigenvalue weighted by Gasteiger charge is -2.34. The lowest BCUT2D eigenvalue weighted by Crippen LogP contribution is -2.38. The van der Waals surface area contributed by atoms with Crippen molar-refractivity contribution in [3.05, 3.63) is 83.6 Å². The molecule has 3 rings (SSSR count). The van der Waals surface area contributed by atoms with Gasteiger partial charge in [0.15, 0.2) is 0 Å². The second-order valence-corrected chi connectivity index (χ2v) is 7.22. The van der Waals surface area contributed by atoms with Crippen LogP contribution in [0.4, 0.5) is 0 Å². The van der Waals surface area contributed by atoms with E-state index in [1.807, 2.05) is 30.3 Å². The van der Waals surface area contributed by atoms with Crippen LogP contribution in [-0.2, 0) is 20.9 Å². The zero-order valence-electron chi connectivity index (χ0n) is 18.1. The van der Waals surface area contributed by atoms with Crippen molar-refractivity contribution >= 4 is 11.9 Å². The Morgan fingerprint density at radius 3 is 2.55 bits per heavy atom. The van der Waals surface area contributed by atoms with Crippen molar-refractivity contribution in [1.82, 2.24) is 4.90 Å². The van der Waals surface area contributed by atoms with Crippen LogP contribution in [0.15, 0.2) is 72.5 Å². The fourth-order valence-electron chi connectivity index (χ4n) is 3.81. The molecular formula is C25H27NO5. The summed E-state index contributed by atoms with van der Waals surface area (Å²) >= 11 is 0. The SMILES string of the molecule is C=CCN1C(=O)CC(c2cc(OC)ccc2OC)C(C(=O)OCc2ccccc2)=C1C. The third-order valence-corrected chi connectivity index (χ3v) is 5.38. The molecule has 1 aliphatic heterocycles. The molecule has 0 saturated heterocycles. The van der Waals surface area contributed by atoms with Crippen molar-refractivity contribution in [3.63, 3.8) is 0 Å². The summed E-state index contributed by atoms with van der Waals surface area (Å²) in [6.45, 7) is 5.96. The number of amides is 1. The van der Waals surface area contributed by atoms with E-state index < -0.39 is 11.9 Å². The van der Waals surface area contributed by atoms with E-state index in [1.165, 1.54) is 0 Å². The van der Waals surface area contributed by atoms with E-state index in [-0.39, 0.29) is 18.9 Å². The van der Waals surface area contributed by atoms with Gasteiger partial charge in [-0.25, -0.2) is 4.79 Å². The molecule has 1 atom stereocenters. The maximum absolute atomic E-state index is 13.3. The monoisotopic (exact) mass is 421 g/mol. The van der Waals surface area contributed by atoms with E-state index in [2.05, 4.69) is 6.58 Å². The van der Waals surface area contributed by atoms with Crippen molar-refractivity contribution in [1.29, 1.82) is 0 Å². The van der Waals surface area contributed by atoms with E-state index in [0.717, 1.165) is 5.56 Å². The minimum atomic E-state index is -0.512. The number of carbonyl (C=O) groups excluding carboxylic acids is 2. The molecule has 0 N–H and O–H groups in total. The molecule has 1 aliphatic rings. The molecule has 0 saturated carbocycles. The molecule has 0 aromatic heterocycles. The molecule has 0 bridgehead atoms. The van der Waals surface area contributed by atoms with Crippen LogP contribution in [-0.4, -0.2) is 37.5 Å². The molecule has 0 aliphatic carbocycles. The summed E-state index contributed by atoms with van der Waals surface area (Å²) < 4.78 is 16.5. The molecule has 1 amide bonds. The first-order valence-electron chi connectivity index (χ1n) is 10.0. The Morgan fingerprint density at radius 2 is 1.90 bits per heavy atom. The van der Waals surface area contributed by atoms with Gasteiger partial charge in [-0.05, 0) is 30.7 Å². The van der Waals surface area contributed by atoms with Crippen molar-refractivity contribution < 1.29 is 23.8 Å². The van der Waals surface area contributed by atoms with Gasteiger partial charge in [0.25, 0.3) is 0 Å². The summed E-state index contributed by atoms with van der Waals surface area (Å²) in [7, 11) is 3.13. The van der Waals surface area contributed by atoms with Gasteiger partial charge < -0.3 is 19.1 Å². The Bertz CT molecular complexity index is 996. The van der Waals surface area contributed by atoms with E-state index >= 15 is 0 Å². The van der Waals surface area contributed by atoms with Gasteiger partial charge in [-0.15, -0.1) is 6.58 Å². The van der Waals surface area contributed by atoms with Gasteiger partial charge in [-0.1, -0.05) is 36.4 Å². The first kappa shape index (κ1) is 22.2. The van der Waals surface area contributed by atoms with E-state index in [9.17, 15) is 9.59 Å². The molecule has 162 valence electrons. The summed E-state index contributed by atoms with van der Waals surface area (Å²) in [4.78, 5) is 27.7. The number of esters is 1. The maximum Gasteiger partial charge on any atom is 0.336 e. The second kappa shape index (κ2) is 9.98. The Morgan fingerprint density at radius 1 is 1.16 bits per heavy atom. The molecule has 0 radical (unpaired) electrons. The first-order valence-corrected chi connectivity index (χ1v) is 10.0. The number of methoxy groups -OCH3 is 2. The highest BCUT2D eigenvalue weighted by atomic mass is 16.5. The summed E-state index contributed by atoms with van der Waals surface area (Å²) in [5, 5.41) is 0. The predicted octanol–water partition coefficient (Wildman–Crippen LogP) is 4.22. The number of hydrogen-bond acceptors (Lipinski definition) is 5. The van der Waals surface area contributed by atoms with Gasteiger partial charge in [0, 0.05) is 30.1 Å². The van der Waals surface area contributed by atoms with Crippen molar-refractivity contribution in [2.75, 3.05) is 20.8 Å². The van der Waals surface area contributed by atoms with Crippen LogP contribution in [0.1, 0.15) is 30.4 Å². The summed E-state index contributed by atoms with van der Waals surface area (Å²) in [6.07, 6.45) is 1.76. The van der Waals surface area contributed by atoms with Gasteiger partial charge >= 0.3 is 5.97 Å². The zero-order chi connectivity index (χ0) is 22.4. The molecular weight excluding hydrogens is 394 g/mol. The van der Waals surface area contributed by atoms with Crippen LogP contribution in [0.25, 0.3) is 0 Å². The average molecular weight is 421 g/mol. The molecule has 2 aromatic rings. The molecule has 31 heavy (non-hydrogen) atoms. The second-order valence-electron chi connectivity index (χ2n) is 7.22. The van der Waals surface area contributed by atoms with Gasteiger partial charge in [-0.2, -0.15) is 0 Å². The lowest BCUT2D eigenvalue weighted by molar-refractivity contribution is -0.141. The largest absolute Gasteiger partial charge is 0.497 e. The highest BCUT2D eigenvalue weighted by Crippen LogP contribution is 2.42. The number of nitrogens with zero attached hydrogens (tertiary/aromatic N) is 1. The molecule has 1 heterocycles. The number of hydrogen-bond donors (Lipinski definition) is 0. The molecule has 0 fully saturated rings. The molecule has 0 spiro atoms. The quantitative estimate of drug-likeness (QED) is 0.472. The summed E-state index contributed by atoms with van der Waals surface area (Å²) in [6, 6.07) is 14.8. The maximum atomic E-state index is 13.3. The minimum absolute atomic E-state index is 0.0908. The zero-order valence-corrected chi connectivity index (χ0v) is 18.1. The van der Waals surface area contributed by atoms with Gasteiger partial charge in [0.2, 0.25) is 5.91 Å². The highest BCUT2D eigenvalue weighted by Gasteiger charge is 2.38. The van der Waals surface area contributed by atoms with E-state index in [4.69, 9.17) is 14.2 Å². The first-order chi connectivity index (χ1) is 15.0. The van der Waals surface area contributed by atoms with Crippen LogP contribution in [0.2, 0.25) is 0 Å². The molecule has 2 aromatic carbocycles. The van der Waals surface area contributed by atoms with Crippen LogP contribution < -0.4 is 9.47 Å². The van der Waals surface area contributed by atoms with Crippen molar-refractivity contribution in [2.45, 2.75) is 25.9 Å². The third kappa shape index (κ3) is 4.79. The van der Waals surface area contributed by atoms with E-state index in [0.29, 0.717) is 34.9 Å². The fourth-order valence-corrected chi connectivity index (χ4v) is 3.81. The summed E-state index contributed by atoms with van der Waals surface area (Å²) in [5.74, 6) is 0.134. The van der Waals surface area contributed by atoms with Crippen molar-refractivity contribution in [3.8, 4) is 11.5 Å². The summed E-state index contributed by atoms with van der Waals surface area (Å²) in [5.41, 5.74) is 2.59. The molecule has 6 nitrogen and oxygen atoms in total. The minimum Gasteiger partial charge on any atom is -0.497 e. The van der Waals surface area contributed by atoms with Crippen LogP contribution >= 0.6 is 0 Å². The van der Waals surface area contributed by atoms with Crippen molar-refractivity contribution in [2.24, 2.45) is 0 Å². The number of rotatable bonds is 8. The topological polar surface area (TPSA) is 65.1 Å². The molecule has 1 unspecified atom stereocenters. The van der Waals surface area contributed by atoms with Crippen LogP contribution in [0.3, 0.4) is 0 Å². The smallest absolute Gasteiger partial charge is 0.336 e. The van der Waals surface area contributed by atoms with Gasteiger partial charge in [-0.3, -0.25) is 4.79 Å².